The van der Waals surface area contributed by atoms with Gasteiger partial charge in [0, 0.05) is 18.3 Å². The van der Waals surface area contributed by atoms with Crippen molar-refractivity contribution < 1.29 is 13.9 Å². The van der Waals surface area contributed by atoms with Crippen LogP contribution in [0.3, 0.4) is 0 Å². The summed E-state index contributed by atoms with van der Waals surface area (Å²) >= 11 is 0. The van der Waals surface area contributed by atoms with Gasteiger partial charge >= 0.3 is 6.09 Å². The number of likely N-dealkylation sites (N-methyl/N-ethyl adjacent to an activating group) is 1. The Bertz CT molecular complexity index is 682. The summed E-state index contributed by atoms with van der Waals surface area (Å²) in [7, 11) is 4.09. The minimum atomic E-state index is -0.272. The van der Waals surface area contributed by atoms with E-state index in [1.807, 2.05) is 38.4 Å². The summed E-state index contributed by atoms with van der Waals surface area (Å²) in [6.07, 6.45) is 1.43. The summed E-state index contributed by atoms with van der Waals surface area (Å²) in [6.45, 7) is 3.98. The predicted molar refractivity (Wildman–Crippen MR) is 96.7 cm³/mol. The Morgan fingerprint density at radius 2 is 2.00 bits per heavy atom. The molecule has 2 heterocycles. The lowest BCUT2D eigenvalue weighted by Crippen LogP contribution is -2.32. The first-order valence-electron chi connectivity index (χ1n) is 8.53. The van der Waals surface area contributed by atoms with Crippen LogP contribution in [-0.2, 0) is 4.74 Å². The zero-order chi connectivity index (χ0) is 17.8. The van der Waals surface area contributed by atoms with Crippen LogP contribution in [0.4, 0.5) is 10.5 Å². The molecule has 0 saturated carbocycles. The number of hydrogen-bond acceptors (Lipinski definition) is 5. The van der Waals surface area contributed by atoms with Gasteiger partial charge in [0.2, 0.25) is 0 Å². The maximum absolute atomic E-state index is 11.6. The molecular weight excluding hydrogens is 318 g/mol. The van der Waals surface area contributed by atoms with Crippen LogP contribution >= 0.6 is 0 Å². The first-order valence-corrected chi connectivity index (χ1v) is 8.53. The van der Waals surface area contributed by atoms with Gasteiger partial charge in [0.05, 0.1) is 18.8 Å². The molecule has 2 atom stereocenters. The summed E-state index contributed by atoms with van der Waals surface area (Å²) in [5.74, 6) is 0.951. The maximum Gasteiger partial charge on any atom is 0.414 e. The summed E-state index contributed by atoms with van der Waals surface area (Å²) in [6, 6.07) is 12.3. The summed E-state index contributed by atoms with van der Waals surface area (Å²) < 4.78 is 10.5. The van der Waals surface area contributed by atoms with Crippen LogP contribution in [0.25, 0.3) is 0 Å². The van der Waals surface area contributed by atoms with E-state index >= 15 is 0 Å². The Morgan fingerprint density at radius 1 is 1.24 bits per heavy atom. The van der Waals surface area contributed by atoms with Gasteiger partial charge < -0.3 is 14.5 Å². The highest BCUT2D eigenvalue weighted by atomic mass is 16.6. The second-order valence-corrected chi connectivity index (χ2v) is 6.48. The molecule has 1 aromatic heterocycles. The highest BCUT2D eigenvalue weighted by Gasteiger charge is 2.23. The van der Waals surface area contributed by atoms with Crippen LogP contribution in [0.1, 0.15) is 30.3 Å². The molecule has 2 aromatic rings. The third kappa shape index (κ3) is 4.03. The minimum Gasteiger partial charge on any atom is -0.468 e. The quantitative estimate of drug-likeness (QED) is 0.837. The fourth-order valence-corrected chi connectivity index (χ4v) is 3.00. The van der Waals surface area contributed by atoms with Crippen molar-refractivity contribution in [2.24, 2.45) is 0 Å². The number of rotatable bonds is 7. The summed E-state index contributed by atoms with van der Waals surface area (Å²) in [5, 5.41) is 3.56. The fourth-order valence-electron chi connectivity index (χ4n) is 3.00. The van der Waals surface area contributed by atoms with E-state index in [-0.39, 0.29) is 18.2 Å². The lowest BCUT2D eigenvalue weighted by Gasteiger charge is -2.25. The number of carbonyl (C=O) groups excluding carboxylic acids is 1. The van der Waals surface area contributed by atoms with Crippen molar-refractivity contribution in [3.8, 4) is 0 Å². The first kappa shape index (κ1) is 17.5. The van der Waals surface area contributed by atoms with Gasteiger partial charge in [-0.25, -0.2) is 4.79 Å². The van der Waals surface area contributed by atoms with Crippen molar-refractivity contribution in [3.05, 3.63) is 54.0 Å². The van der Waals surface area contributed by atoms with Crippen LogP contribution in [0, 0.1) is 0 Å². The van der Waals surface area contributed by atoms with Crippen LogP contribution in [0.5, 0.6) is 0 Å². The molecule has 0 aliphatic carbocycles. The van der Waals surface area contributed by atoms with Crippen LogP contribution in [0.15, 0.2) is 47.1 Å². The van der Waals surface area contributed by atoms with Gasteiger partial charge in [-0.3, -0.25) is 9.80 Å². The highest BCUT2D eigenvalue weighted by Crippen LogP contribution is 2.23. The number of nitrogens with zero attached hydrogens (tertiary/aromatic N) is 2. The Morgan fingerprint density at radius 3 is 2.56 bits per heavy atom. The standard InChI is InChI=1S/C19H25N3O3/c1-14(20-13-17(21(2)3)18-5-4-11-24-18)15-6-8-16(9-7-15)22-10-12-25-19(22)23/h4-9,11,14,17,20H,10,12-13H2,1-3H3/t14-,17-/m0/s1. The third-order valence-electron chi connectivity index (χ3n) is 4.58. The number of benzene rings is 1. The molecule has 134 valence electrons. The lowest BCUT2D eigenvalue weighted by atomic mass is 10.1. The molecule has 0 unspecified atom stereocenters. The van der Waals surface area contributed by atoms with E-state index in [1.165, 1.54) is 5.56 Å². The number of ether oxygens (including phenoxy) is 1. The molecule has 1 aromatic carbocycles. The van der Waals surface area contributed by atoms with E-state index in [9.17, 15) is 4.79 Å². The van der Waals surface area contributed by atoms with Crippen LogP contribution in [0.2, 0.25) is 0 Å². The van der Waals surface area contributed by atoms with Crippen molar-refractivity contribution in [2.75, 3.05) is 38.7 Å². The predicted octanol–water partition coefficient (Wildman–Crippen LogP) is 3.19. The molecule has 1 fully saturated rings. The lowest BCUT2D eigenvalue weighted by molar-refractivity contribution is 0.181. The van der Waals surface area contributed by atoms with Crippen molar-refractivity contribution in [3.63, 3.8) is 0 Å². The molecule has 1 saturated heterocycles. The Labute approximate surface area is 148 Å². The molecule has 1 N–H and O–H groups in total. The zero-order valence-corrected chi connectivity index (χ0v) is 14.9. The second kappa shape index (κ2) is 7.72. The third-order valence-corrected chi connectivity index (χ3v) is 4.58. The molecule has 0 bridgehead atoms. The topological polar surface area (TPSA) is 58.0 Å². The molecule has 0 spiro atoms. The Hall–Kier alpha value is -2.31. The van der Waals surface area contributed by atoms with Gasteiger partial charge in [-0.2, -0.15) is 0 Å². The van der Waals surface area contributed by atoms with Crippen molar-refractivity contribution in [1.82, 2.24) is 10.2 Å². The first-order chi connectivity index (χ1) is 12.1. The van der Waals surface area contributed by atoms with E-state index in [0.29, 0.717) is 13.2 Å². The molecule has 1 aliphatic rings. The van der Waals surface area contributed by atoms with Gasteiger partial charge in [-0.1, -0.05) is 12.1 Å². The number of cyclic esters (lactones) is 1. The van der Waals surface area contributed by atoms with Crippen LogP contribution < -0.4 is 10.2 Å². The molecule has 6 heteroatoms. The number of amides is 1. The van der Waals surface area contributed by atoms with Gasteiger partial charge in [0.1, 0.15) is 12.4 Å². The Kier molecular flexibility index (Phi) is 5.40. The van der Waals surface area contributed by atoms with Crippen molar-refractivity contribution in [1.29, 1.82) is 0 Å². The molecular formula is C19H25N3O3. The maximum atomic E-state index is 11.6. The number of furan rings is 1. The molecule has 3 rings (SSSR count). The van der Waals surface area contributed by atoms with Gasteiger partial charge in [-0.15, -0.1) is 0 Å². The van der Waals surface area contributed by atoms with Gasteiger partial charge in [0.25, 0.3) is 0 Å². The van der Waals surface area contributed by atoms with E-state index < -0.39 is 0 Å². The monoisotopic (exact) mass is 343 g/mol. The summed E-state index contributed by atoms with van der Waals surface area (Å²) in [4.78, 5) is 15.4. The normalized spacial score (nSPS) is 17.0. The molecule has 1 amide bonds. The van der Waals surface area contributed by atoms with E-state index in [0.717, 1.165) is 18.0 Å². The van der Waals surface area contributed by atoms with Crippen molar-refractivity contribution in [2.45, 2.75) is 19.0 Å². The van der Waals surface area contributed by atoms with Crippen LogP contribution in [-0.4, -0.2) is 44.8 Å². The Balaban J connectivity index is 1.61. The smallest absolute Gasteiger partial charge is 0.414 e. The highest BCUT2D eigenvalue weighted by molar-refractivity contribution is 5.89. The molecule has 0 radical (unpaired) electrons. The molecule has 1 aliphatic heterocycles. The van der Waals surface area contributed by atoms with Gasteiger partial charge in [0.15, 0.2) is 0 Å². The number of hydrogen-bond donors (Lipinski definition) is 1. The van der Waals surface area contributed by atoms with Gasteiger partial charge in [-0.05, 0) is 50.8 Å². The second-order valence-electron chi connectivity index (χ2n) is 6.48. The van der Waals surface area contributed by atoms with Crippen molar-refractivity contribution >= 4 is 11.8 Å². The van der Waals surface area contributed by atoms with E-state index in [4.69, 9.17) is 9.15 Å². The average molecular weight is 343 g/mol. The summed E-state index contributed by atoms with van der Waals surface area (Å²) in [5.41, 5.74) is 2.05. The number of carbonyl (C=O) groups is 1. The average Bonchev–Trinajstić information content (AvgIpc) is 3.26. The molecule has 25 heavy (non-hydrogen) atoms. The fraction of sp³-hybridized carbons (Fsp3) is 0.421. The number of anilines is 1. The minimum absolute atomic E-state index is 0.177. The largest absolute Gasteiger partial charge is 0.468 e. The molecule has 6 nitrogen and oxygen atoms in total. The van der Waals surface area contributed by atoms with E-state index in [2.05, 4.69) is 29.3 Å². The SMILES string of the molecule is C[C@H](NC[C@@H](c1ccco1)N(C)C)c1ccc(N2CCOC2=O)cc1. The zero-order valence-electron chi connectivity index (χ0n) is 14.9. The van der Waals surface area contributed by atoms with E-state index in [1.54, 1.807) is 11.2 Å². The number of nitrogens with one attached hydrogen (secondary N) is 1.